The number of hydrogen-bond donors (Lipinski definition) is 1. The van der Waals surface area contributed by atoms with E-state index in [1.807, 2.05) is 49.4 Å². The Hall–Kier alpha value is -2.04. The number of carbonyl (C=O) groups excluding carboxylic acids is 1. The minimum absolute atomic E-state index is 0. The lowest BCUT2D eigenvalue weighted by molar-refractivity contribution is -0.138. The van der Waals surface area contributed by atoms with Crippen molar-refractivity contribution in [2.24, 2.45) is 5.73 Å². The monoisotopic (exact) mass is 348 g/mol. The van der Waals surface area contributed by atoms with Crippen LogP contribution in [0.5, 0.6) is 5.75 Å². The summed E-state index contributed by atoms with van der Waals surface area (Å²) < 4.78 is 5.75. The van der Waals surface area contributed by atoms with Crippen molar-refractivity contribution in [3.8, 4) is 16.9 Å². The Labute approximate surface area is 150 Å². The maximum Gasteiger partial charge on any atom is 0.263 e. The molecule has 0 saturated carbocycles. The average Bonchev–Trinajstić information content (AvgIpc) is 2.61. The summed E-state index contributed by atoms with van der Waals surface area (Å²) >= 11 is 0. The van der Waals surface area contributed by atoms with Crippen molar-refractivity contribution in [2.45, 2.75) is 26.0 Å². The van der Waals surface area contributed by atoms with Gasteiger partial charge in [0, 0.05) is 19.6 Å². The number of nitrogens with two attached hydrogens (primary N) is 1. The summed E-state index contributed by atoms with van der Waals surface area (Å²) in [5, 5.41) is 0. The highest BCUT2D eigenvalue weighted by molar-refractivity contribution is 5.85. The van der Waals surface area contributed by atoms with Gasteiger partial charge >= 0.3 is 0 Å². The van der Waals surface area contributed by atoms with E-state index in [0.29, 0.717) is 12.3 Å². The van der Waals surface area contributed by atoms with Gasteiger partial charge in [-0.2, -0.15) is 0 Å². The van der Waals surface area contributed by atoms with Crippen molar-refractivity contribution in [3.63, 3.8) is 0 Å². The first-order chi connectivity index (χ1) is 11.0. The molecule has 24 heavy (non-hydrogen) atoms. The van der Waals surface area contributed by atoms with Gasteiger partial charge in [0.1, 0.15) is 5.75 Å². The van der Waals surface area contributed by atoms with Gasteiger partial charge in [0.2, 0.25) is 0 Å². The molecule has 2 unspecified atom stereocenters. The van der Waals surface area contributed by atoms with E-state index in [2.05, 4.69) is 12.1 Å². The second kappa shape index (κ2) is 9.30. The highest BCUT2D eigenvalue weighted by atomic mass is 35.5. The third kappa shape index (κ3) is 4.98. The first-order valence-electron chi connectivity index (χ1n) is 7.81. The van der Waals surface area contributed by atoms with Crippen molar-refractivity contribution in [2.75, 3.05) is 13.6 Å². The van der Waals surface area contributed by atoms with Crippen LogP contribution in [0.25, 0.3) is 11.1 Å². The summed E-state index contributed by atoms with van der Waals surface area (Å²) in [6.45, 7) is 4.10. The quantitative estimate of drug-likeness (QED) is 0.871. The third-order valence-corrected chi connectivity index (χ3v) is 3.97. The molecular formula is C19H25ClN2O2. The number of nitrogens with zero attached hydrogens (tertiary/aromatic N) is 1. The van der Waals surface area contributed by atoms with Crippen LogP contribution >= 0.6 is 12.4 Å². The summed E-state index contributed by atoms with van der Waals surface area (Å²) in [4.78, 5) is 13.9. The zero-order valence-electron chi connectivity index (χ0n) is 14.3. The second-order valence-corrected chi connectivity index (χ2v) is 5.68. The highest BCUT2D eigenvalue weighted by Crippen LogP contribution is 2.22. The smallest absolute Gasteiger partial charge is 0.263 e. The van der Waals surface area contributed by atoms with E-state index in [1.54, 1.807) is 18.9 Å². The van der Waals surface area contributed by atoms with Crippen LogP contribution in [-0.4, -0.2) is 36.5 Å². The van der Waals surface area contributed by atoms with Gasteiger partial charge < -0.3 is 15.4 Å². The fourth-order valence-electron chi connectivity index (χ4n) is 2.27. The predicted molar refractivity (Wildman–Crippen MR) is 101 cm³/mol. The lowest BCUT2D eigenvalue weighted by atomic mass is 10.1. The van der Waals surface area contributed by atoms with E-state index in [-0.39, 0.29) is 24.4 Å². The summed E-state index contributed by atoms with van der Waals surface area (Å²) in [5.41, 5.74) is 7.87. The van der Waals surface area contributed by atoms with Gasteiger partial charge in [-0.3, -0.25) is 4.79 Å². The molecule has 4 nitrogen and oxygen atoms in total. The van der Waals surface area contributed by atoms with Gasteiger partial charge in [0.15, 0.2) is 6.10 Å². The largest absolute Gasteiger partial charge is 0.481 e. The van der Waals surface area contributed by atoms with Crippen molar-refractivity contribution >= 4 is 18.3 Å². The zero-order valence-corrected chi connectivity index (χ0v) is 15.1. The standard InChI is InChI=1S/C19H24N2O2.ClH/c1-14(13-20)21(3)19(22)15(2)23-18-11-9-17(10-12-18)16-7-5-4-6-8-16;/h4-12,14-15H,13,20H2,1-3H3;1H. The van der Waals surface area contributed by atoms with Gasteiger partial charge in [-0.1, -0.05) is 42.5 Å². The van der Waals surface area contributed by atoms with Crippen LogP contribution in [0.15, 0.2) is 54.6 Å². The number of ether oxygens (including phenoxy) is 1. The molecule has 0 aliphatic heterocycles. The van der Waals surface area contributed by atoms with Crippen LogP contribution in [0.1, 0.15) is 13.8 Å². The summed E-state index contributed by atoms with van der Waals surface area (Å²) in [6, 6.07) is 17.9. The molecule has 2 N–H and O–H groups in total. The van der Waals surface area contributed by atoms with E-state index in [0.717, 1.165) is 11.1 Å². The molecule has 0 fully saturated rings. The Morgan fingerprint density at radius 3 is 2.12 bits per heavy atom. The molecule has 0 aliphatic rings. The fourth-order valence-corrected chi connectivity index (χ4v) is 2.27. The van der Waals surface area contributed by atoms with Crippen molar-refractivity contribution in [3.05, 3.63) is 54.6 Å². The fraction of sp³-hybridized carbons (Fsp3) is 0.316. The number of rotatable bonds is 6. The lowest BCUT2D eigenvalue weighted by Crippen LogP contribution is -2.45. The van der Waals surface area contributed by atoms with Crippen LogP contribution in [0.4, 0.5) is 0 Å². The molecule has 130 valence electrons. The van der Waals surface area contributed by atoms with Gasteiger partial charge in [-0.25, -0.2) is 0 Å². The molecule has 2 aromatic carbocycles. The maximum atomic E-state index is 12.3. The first-order valence-corrected chi connectivity index (χ1v) is 7.81. The van der Waals surface area contributed by atoms with Gasteiger partial charge in [-0.15, -0.1) is 12.4 Å². The Bertz CT molecular complexity index is 632. The lowest BCUT2D eigenvalue weighted by Gasteiger charge is -2.26. The van der Waals surface area contributed by atoms with Gasteiger partial charge in [0.05, 0.1) is 0 Å². The molecule has 2 rings (SSSR count). The average molecular weight is 349 g/mol. The number of hydrogen-bond acceptors (Lipinski definition) is 3. The molecule has 2 aromatic rings. The van der Waals surface area contributed by atoms with Crippen LogP contribution in [0.2, 0.25) is 0 Å². The molecule has 2 atom stereocenters. The molecule has 0 aromatic heterocycles. The maximum absolute atomic E-state index is 12.3. The van der Waals surface area contributed by atoms with Crippen molar-refractivity contribution < 1.29 is 9.53 Å². The van der Waals surface area contributed by atoms with Crippen LogP contribution < -0.4 is 10.5 Å². The molecule has 0 spiro atoms. The molecule has 5 heteroatoms. The number of likely N-dealkylation sites (N-methyl/N-ethyl adjacent to an activating group) is 1. The van der Waals surface area contributed by atoms with Crippen molar-refractivity contribution in [1.82, 2.24) is 4.90 Å². The summed E-state index contributed by atoms with van der Waals surface area (Å²) in [5.74, 6) is 0.606. The molecule has 0 bridgehead atoms. The van der Waals surface area contributed by atoms with E-state index in [4.69, 9.17) is 10.5 Å². The Morgan fingerprint density at radius 2 is 1.58 bits per heavy atom. The van der Waals surface area contributed by atoms with Crippen LogP contribution in [0.3, 0.4) is 0 Å². The molecule has 0 radical (unpaired) electrons. The topological polar surface area (TPSA) is 55.6 Å². The molecule has 1 amide bonds. The molecule has 0 saturated heterocycles. The molecular weight excluding hydrogens is 324 g/mol. The Kier molecular flexibility index (Phi) is 7.75. The summed E-state index contributed by atoms with van der Waals surface area (Å²) in [6.07, 6.45) is -0.545. The minimum Gasteiger partial charge on any atom is -0.481 e. The van der Waals surface area contributed by atoms with Crippen LogP contribution in [-0.2, 0) is 4.79 Å². The summed E-state index contributed by atoms with van der Waals surface area (Å²) in [7, 11) is 1.75. The van der Waals surface area contributed by atoms with E-state index < -0.39 is 6.10 Å². The predicted octanol–water partition coefficient (Wildman–Crippen LogP) is 3.35. The van der Waals surface area contributed by atoms with Crippen molar-refractivity contribution in [1.29, 1.82) is 0 Å². The first kappa shape index (κ1) is 20.0. The van der Waals surface area contributed by atoms with Crippen LogP contribution in [0, 0.1) is 0 Å². The van der Waals surface area contributed by atoms with E-state index in [1.165, 1.54) is 0 Å². The second-order valence-electron chi connectivity index (χ2n) is 5.68. The normalized spacial score (nSPS) is 12.7. The molecule has 0 aliphatic carbocycles. The van der Waals surface area contributed by atoms with Gasteiger partial charge in [0.25, 0.3) is 5.91 Å². The number of benzene rings is 2. The number of amides is 1. The zero-order chi connectivity index (χ0) is 16.8. The highest BCUT2D eigenvalue weighted by Gasteiger charge is 2.22. The number of carbonyl (C=O) groups is 1. The van der Waals surface area contributed by atoms with Gasteiger partial charge in [-0.05, 0) is 37.1 Å². The van der Waals surface area contributed by atoms with E-state index >= 15 is 0 Å². The Morgan fingerprint density at radius 1 is 1.04 bits per heavy atom. The Balaban J connectivity index is 0.00000288. The minimum atomic E-state index is -0.545. The SMILES string of the molecule is CC(Oc1ccc(-c2ccccc2)cc1)C(=O)N(C)C(C)CN.Cl. The van der Waals surface area contributed by atoms with E-state index in [9.17, 15) is 4.79 Å². The molecule has 0 heterocycles. The number of halogens is 1. The third-order valence-electron chi connectivity index (χ3n) is 3.97.